The molecule has 0 heterocycles. The first-order valence-corrected chi connectivity index (χ1v) is 7.49. The lowest BCUT2D eigenvalue weighted by Crippen LogP contribution is -2.18. The molecule has 0 aromatic heterocycles. The molecule has 2 rings (SSSR count). The minimum absolute atomic E-state index is 0.117. The van der Waals surface area contributed by atoms with Crippen LogP contribution in [-0.4, -0.2) is 11.5 Å². The first kappa shape index (κ1) is 16.1. The number of alkyl halides is 3. The van der Waals surface area contributed by atoms with Crippen LogP contribution in [0.3, 0.4) is 0 Å². The molecule has 21 heavy (non-hydrogen) atoms. The van der Waals surface area contributed by atoms with Crippen molar-refractivity contribution in [3.63, 3.8) is 0 Å². The highest BCUT2D eigenvalue weighted by atomic mass is 19.4. The molecule has 1 fully saturated rings. The standard InChI is InChI=1S/C16H21F3O2/c17-16(18,19)21-14-10-6-9-13(11-14)15(20)12-7-4-2-1-3-5-8-12/h6,9-12,15,20H,1-5,7-8H2. The van der Waals surface area contributed by atoms with Crippen molar-refractivity contribution in [3.8, 4) is 5.75 Å². The highest BCUT2D eigenvalue weighted by Gasteiger charge is 2.31. The lowest BCUT2D eigenvalue weighted by Gasteiger charge is -2.25. The van der Waals surface area contributed by atoms with Crippen LogP contribution in [-0.2, 0) is 0 Å². The maximum atomic E-state index is 12.2. The molecule has 0 radical (unpaired) electrons. The molecule has 0 saturated heterocycles. The van der Waals surface area contributed by atoms with E-state index in [4.69, 9.17) is 0 Å². The molecule has 0 spiro atoms. The highest BCUT2D eigenvalue weighted by molar-refractivity contribution is 5.30. The minimum Gasteiger partial charge on any atom is -0.406 e. The Balaban J connectivity index is 2.06. The Morgan fingerprint density at radius 3 is 2.29 bits per heavy atom. The molecule has 0 bridgehead atoms. The predicted molar refractivity (Wildman–Crippen MR) is 73.9 cm³/mol. The van der Waals surface area contributed by atoms with E-state index in [0.717, 1.165) is 25.7 Å². The van der Waals surface area contributed by atoms with Gasteiger partial charge in [-0.15, -0.1) is 13.2 Å². The first-order valence-electron chi connectivity index (χ1n) is 7.49. The molecule has 1 unspecified atom stereocenters. The van der Waals surface area contributed by atoms with E-state index < -0.39 is 12.5 Å². The van der Waals surface area contributed by atoms with E-state index in [2.05, 4.69) is 4.74 Å². The predicted octanol–water partition coefficient (Wildman–Crippen LogP) is 4.98. The van der Waals surface area contributed by atoms with Gasteiger partial charge in [-0.2, -0.15) is 0 Å². The van der Waals surface area contributed by atoms with Gasteiger partial charge in [0.1, 0.15) is 5.75 Å². The molecule has 2 nitrogen and oxygen atoms in total. The SMILES string of the molecule is OC(c1cccc(OC(F)(F)F)c1)C1CCCCCCC1. The first-order chi connectivity index (χ1) is 9.96. The molecule has 1 aliphatic carbocycles. The van der Waals surface area contributed by atoms with Crippen LogP contribution in [0.15, 0.2) is 24.3 Å². The number of aliphatic hydroxyl groups excluding tert-OH is 1. The Kier molecular flexibility index (Phi) is 5.51. The fourth-order valence-electron chi connectivity index (χ4n) is 2.97. The summed E-state index contributed by atoms with van der Waals surface area (Å²) in [7, 11) is 0. The number of rotatable bonds is 3. The summed E-state index contributed by atoms with van der Waals surface area (Å²) in [5.41, 5.74) is 0.502. The largest absolute Gasteiger partial charge is 0.573 e. The van der Waals surface area contributed by atoms with Crippen molar-refractivity contribution >= 4 is 0 Å². The second kappa shape index (κ2) is 7.16. The third-order valence-electron chi connectivity index (χ3n) is 4.03. The third-order valence-corrected chi connectivity index (χ3v) is 4.03. The lowest BCUT2D eigenvalue weighted by atomic mass is 9.84. The molecule has 1 saturated carbocycles. The van der Waals surface area contributed by atoms with Gasteiger partial charge < -0.3 is 9.84 Å². The maximum absolute atomic E-state index is 12.2. The molecule has 0 aliphatic heterocycles. The Hall–Kier alpha value is -1.23. The second-order valence-electron chi connectivity index (χ2n) is 5.67. The van der Waals surface area contributed by atoms with Gasteiger partial charge in [0, 0.05) is 0 Å². The van der Waals surface area contributed by atoms with Gasteiger partial charge in [-0.1, -0.05) is 44.2 Å². The molecular formula is C16H21F3O2. The van der Waals surface area contributed by atoms with Crippen LogP contribution in [0, 0.1) is 5.92 Å². The number of ether oxygens (including phenoxy) is 1. The van der Waals surface area contributed by atoms with Crippen LogP contribution < -0.4 is 4.74 Å². The van der Waals surface area contributed by atoms with E-state index in [0.29, 0.717) is 5.56 Å². The summed E-state index contributed by atoms with van der Waals surface area (Å²) in [6.45, 7) is 0. The van der Waals surface area contributed by atoms with Crippen LogP contribution in [0.1, 0.15) is 56.6 Å². The van der Waals surface area contributed by atoms with Crippen molar-refractivity contribution in [3.05, 3.63) is 29.8 Å². The Bertz CT molecular complexity index is 437. The van der Waals surface area contributed by atoms with E-state index in [1.807, 2.05) is 0 Å². The van der Waals surface area contributed by atoms with Gasteiger partial charge in [0.15, 0.2) is 0 Å². The normalized spacial score (nSPS) is 19.6. The lowest BCUT2D eigenvalue weighted by molar-refractivity contribution is -0.274. The zero-order valence-electron chi connectivity index (χ0n) is 11.9. The molecule has 1 atom stereocenters. The van der Waals surface area contributed by atoms with Crippen LogP contribution in [0.4, 0.5) is 13.2 Å². The molecule has 5 heteroatoms. The quantitative estimate of drug-likeness (QED) is 0.853. The minimum atomic E-state index is -4.70. The van der Waals surface area contributed by atoms with Gasteiger partial charge in [0.05, 0.1) is 6.10 Å². The van der Waals surface area contributed by atoms with Crippen molar-refractivity contribution in [2.75, 3.05) is 0 Å². The van der Waals surface area contributed by atoms with Crippen molar-refractivity contribution < 1.29 is 23.0 Å². The summed E-state index contributed by atoms with van der Waals surface area (Å²) < 4.78 is 40.6. The van der Waals surface area contributed by atoms with Crippen LogP contribution >= 0.6 is 0 Å². The molecule has 118 valence electrons. The van der Waals surface area contributed by atoms with Gasteiger partial charge in [0.25, 0.3) is 0 Å². The van der Waals surface area contributed by atoms with Crippen molar-refractivity contribution in [1.29, 1.82) is 0 Å². The summed E-state index contributed by atoms with van der Waals surface area (Å²) in [5, 5.41) is 10.4. The molecule has 0 amide bonds. The van der Waals surface area contributed by atoms with Gasteiger partial charge in [0.2, 0.25) is 0 Å². The average molecular weight is 302 g/mol. The van der Waals surface area contributed by atoms with E-state index >= 15 is 0 Å². The summed E-state index contributed by atoms with van der Waals surface area (Å²) in [4.78, 5) is 0. The molecule has 1 aromatic rings. The zero-order chi connectivity index (χ0) is 15.3. The van der Waals surface area contributed by atoms with Crippen LogP contribution in [0.5, 0.6) is 5.75 Å². The van der Waals surface area contributed by atoms with Gasteiger partial charge in [-0.3, -0.25) is 0 Å². The zero-order valence-corrected chi connectivity index (χ0v) is 11.9. The number of halogens is 3. The second-order valence-corrected chi connectivity index (χ2v) is 5.67. The summed E-state index contributed by atoms with van der Waals surface area (Å²) in [6, 6.07) is 5.69. The Morgan fingerprint density at radius 2 is 1.67 bits per heavy atom. The van der Waals surface area contributed by atoms with Crippen molar-refractivity contribution in [2.45, 2.75) is 57.4 Å². The van der Waals surface area contributed by atoms with Gasteiger partial charge in [-0.05, 0) is 36.5 Å². The van der Waals surface area contributed by atoms with E-state index in [9.17, 15) is 18.3 Å². The van der Waals surface area contributed by atoms with E-state index in [1.165, 1.54) is 37.5 Å². The van der Waals surface area contributed by atoms with E-state index in [1.54, 1.807) is 6.07 Å². The van der Waals surface area contributed by atoms with Crippen molar-refractivity contribution in [1.82, 2.24) is 0 Å². The van der Waals surface area contributed by atoms with Gasteiger partial charge in [-0.25, -0.2) is 0 Å². The fraction of sp³-hybridized carbons (Fsp3) is 0.625. The van der Waals surface area contributed by atoms with Crippen molar-refractivity contribution in [2.24, 2.45) is 5.92 Å². The maximum Gasteiger partial charge on any atom is 0.573 e. The Morgan fingerprint density at radius 1 is 1.05 bits per heavy atom. The molecule has 1 N–H and O–H groups in total. The smallest absolute Gasteiger partial charge is 0.406 e. The molecular weight excluding hydrogens is 281 g/mol. The monoisotopic (exact) mass is 302 g/mol. The average Bonchev–Trinajstić information content (AvgIpc) is 2.36. The molecule has 1 aliphatic rings. The molecule has 1 aromatic carbocycles. The fourth-order valence-corrected chi connectivity index (χ4v) is 2.97. The summed E-state index contributed by atoms with van der Waals surface area (Å²) in [6.07, 6.45) is 2.13. The van der Waals surface area contributed by atoms with E-state index in [-0.39, 0.29) is 11.7 Å². The topological polar surface area (TPSA) is 29.5 Å². The summed E-state index contributed by atoms with van der Waals surface area (Å²) >= 11 is 0. The van der Waals surface area contributed by atoms with Gasteiger partial charge >= 0.3 is 6.36 Å². The Labute approximate surface area is 122 Å². The summed E-state index contributed by atoms with van der Waals surface area (Å²) in [5.74, 6) is -0.156. The number of benzene rings is 1. The third kappa shape index (κ3) is 5.23. The highest BCUT2D eigenvalue weighted by Crippen LogP contribution is 2.34. The number of hydrogen-bond acceptors (Lipinski definition) is 2. The van der Waals surface area contributed by atoms with Crippen LogP contribution in [0.2, 0.25) is 0 Å². The van der Waals surface area contributed by atoms with Crippen LogP contribution in [0.25, 0.3) is 0 Å². The number of hydrogen-bond donors (Lipinski definition) is 1. The number of aliphatic hydroxyl groups is 1.